The molecule has 0 saturated carbocycles. The van der Waals surface area contributed by atoms with Crippen LogP contribution in [-0.4, -0.2) is 24.8 Å². The number of carbonyl (C=O) groups excluding carboxylic acids is 2. The number of carbonyl (C=O) groups is 2. The molecule has 0 aliphatic carbocycles. The Morgan fingerprint density at radius 3 is 3.00 bits per heavy atom. The smallest absolute Gasteiger partial charge is 0.210 e. The lowest BCUT2D eigenvalue weighted by Gasteiger charge is -2.18. The molecule has 0 spiro atoms. The number of rotatable bonds is 2. The lowest BCUT2D eigenvalue weighted by Crippen LogP contribution is -2.33. The summed E-state index contributed by atoms with van der Waals surface area (Å²) in [5, 5.41) is 0. The van der Waals surface area contributed by atoms with E-state index in [1.807, 2.05) is 0 Å². The largest absolute Gasteiger partial charge is 0.461 e. The molecule has 0 aromatic carbocycles. The first-order chi connectivity index (χ1) is 6.79. The van der Waals surface area contributed by atoms with E-state index < -0.39 is 5.92 Å². The molecule has 2 heterocycles. The number of ether oxygens (including phenoxy) is 1. The van der Waals surface area contributed by atoms with Gasteiger partial charge in [-0.3, -0.25) is 9.59 Å². The predicted molar refractivity (Wildman–Crippen MR) is 47.0 cm³/mol. The Hall–Kier alpha value is -1.42. The van der Waals surface area contributed by atoms with E-state index in [0.717, 1.165) is 0 Å². The summed E-state index contributed by atoms with van der Waals surface area (Å²) in [5.74, 6) is -0.777. The van der Waals surface area contributed by atoms with Gasteiger partial charge < -0.3 is 9.15 Å². The molecule has 1 saturated heterocycles. The maximum absolute atomic E-state index is 11.7. The quantitative estimate of drug-likeness (QED) is 0.522. The van der Waals surface area contributed by atoms with Crippen molar-refractivity contribution in [3.63, 3.8) is 0 Å². The van der Waals surface area contributed by atoms with Gasteiger partial charge in [0.2, 0.25) is 5.78 Å². The highest BCUT2D eigenvalue weighted by Gasteiger charge is 2.31. The van der Waals surface area contributed by atoms with E-state index in [9.17, 15) is 9.59 Å². The second-order valence-corrected chi connectivity index (χ2v) is 3.19. The number of hydrogen-bond acceptors (Lipinski definition) is 4. The molecule has 1 fully saturated rings. The van der Waals surface area contributed by atoms with Gasteiger partial charge in [-0.15, -0.1) is 0 Å². The minimum absolute atomic E-state index is 0.0577. The average Bonchev–Trinajstić information content (AvgIpc) is 2.70. The van der Waals surface area contributed by atoms with Gasteiger partial charge in [0.25, 0.3) is 0 Å². The second-order valence-electron chi connectivity index (χ2n) is 3.19. The standard InChI is InChI=1S/C10H10O4/c11-8-3-5-13-6-7(8)10(12)9-2-1-4-14-9/h1-2,4,7H,3,5-6H2. The number of hydrogen-bond donors (Lipinski definition) is 0. The van der Waals surface area contributed by atoms with Crippen molar-refractivity contribution < 1.29 is 18.7 Å². The normalized spacial score (nSPS) is 22.3. The van der Waals surface area contributed by atoms with Gasteiger partial charge in [-0.25, -0.2) is 0 Å². The summed E-state index contributed by atoms with van der Waals surface area (Å²) in [6.07, 6.45) is 1.73. The molecule has 0 amide bonds. The molecule has 4 heteroatoms. The van der Waals surface area contributed by atoms with Gasteiger partial charge in [-0.2, -0.15) is 0 Å². The first-order valence-electron chi connectivity index (χ1n) is 4.47. The minimum atomic E-state index is -0.671. The van der Waals surface area contributed by atoms with Gasteiger partial charge >= 0.3 is 0 Å². The Morgan fingerprint density at radius 2 is 2.36 bits per heavy atom. The van der Waals surface area contributed by atoms with Crippen molar-refractivity contribution in [2.24, 2.45) is 5.92 Å². The van der Waals surface area contributed by atoms with Crippen LogP contribution < -0.4 is 0 Å². The molecule has 0 bridgehead atoms. The van der Waals surface area contributed by atoms with Crippen molar-refractivity contribution in [2.45, 2.75) is 6.42 Å². The third-order valence-corrected chi connectivity index (χ3v) is 2.25. The van der Waals surface area contributed by atoms with Crippen LogP contribution in [0.25, 0.3) is 0 Å². The average molecular weight is 194 g/mol. The van der Waals surface area contributed by atoms with Gasteiger partial charge in [0, 0.05) is 6.42 Å². The molecule has 2 rings (SSSR count). The molecule has 14 heavy (non-hydrogen) atoms. The van der Waals surface area contributed by atoms with Gasteiger partial charge in [0.15, 0.2) is 5.76 Å². The zero-order valence-corrected chi connectivity index (χ0v) is 7.56. The fraction of sp³-hybridized carbons (Fsp3) is 0.400. The molecule has 0 N–H and O–H groups in total. The van der Waals surface area contributed by atoms with E-state index in [-0.39, 0.29) is 23.9 Å². The first kappa shape index (κ1) is 9.15. The fourth-order valence-corrected chi connectivity index (χ4v) is 1.45. The summed E-state index contributed by atoms with van der Waals surface area (Å²) in [6, 6.07) is 3.19. The highest BCUT2D eigenvalue weighted by Crippen LogP contribution is 2.16. The van der Waals surface area contributed by atoms with E-state index in [1.54, 1.807) is 12.1 Å². The van der Waals surface area contributed by atoms with Crippen molar-refractivity contribution in [1.82, 2.24) is 0 Å². The molecule has 0 radical (unpaired) electrons. The monoisotopic (exact) mass is 194 g/mol. The molecule has 4 nitrogen and oxygen atoms in total. The zero-order chi connectivity index (χ0) is 9.97. The Labute approximate surface area is 80.8 Å². The van der Waals surface area contributed by atoms with Crippen molar-refractivity contribution in [3.05, 3.63) is 24.2 Å². The Bertz CT molecular complexity index is 339. The van der Waals surface area contributed by atoms with Crippen LogP contribution in [0.1, 0.15) is 17.0 Å². The Kier molecular flexibility index (Phi) is 2.45. The minimum Gasteiger partial charge on any atom is -0.461 e. The lowest BCUT2D eigenvalue weighted by atomic mass is 9.94. The summed E-state index contributed by atoms with van der Waals surface area (Å²) in [4.78, 5) is 23.1. The highest BCUT2D eigenvalue weighted by atomic mass is 16.5. The maximum atomic E-state index is 11.7. The summed E-state index contributed by atoms with van der Waals surface area (Å²) in [6.45, 7) is 0.596. The maximum Gasteiger partial charge on any atom is 0.210 e. The van der Waals surface area contributed by atoms with Crippen LogP contribution in [0.15, 0.2) is 22.8 Å². The summed E-state index contributed by atoms with van der Waals surface area (Å²) in [7, 11) is 0. The van der Waals surface area contributed by atoms with E-state index in [1.165, 1.54) is 6.26 Å². The van der Waals surface area contributed by atoms with Crippen LogP contribution in [0, 0.1) is 5.92 Å². The molecule has 1 aliphatic rings. The molecule has 74 valence electrons. The van der Waals surface area contributed by atoms with Crippen molar-refractivity contribution in [1.29, 1.82) is 0 Å². The van der Waals surface area contributed by atoms with Crippen LogP contribution in [-0.2, 0) is 9.53 Å². The van der Waals surface area contributed by atoms with Gasteiger partial charge in [0.1, 0.15) is 11.7 Å². The Morgan fingerprint density at radius 1 is 1.50 bits per heavy atom. The molecule has 1 aromatic rings. The third kappa shape index (κ3) is 1.61. The van der Waals surface area contributed by atoms with E-state index in [0.29, 0.717) is 13.0 Å². The lowest BCUT2D eigenvalue weighted by molar-refractivity contribution is -0.128. The highest BCUT2D eigenvalue weighted by molar-refractivity contribution is 6.09. The van der Waals surface area contributed by atoms with E-state index >= 15 is 0 Å². The van der Waals surface area contributed by atoms with E-state index in [4.69, 9.17) is 9.15 Å². The van der Waals surface area contributed by atoms with Crippen LogP contribution in [0.4, 0.5) is 0 Å². The summed E-state index contributed by atoms with van der Waals surface area (Å²) < 4.78 is 10.0. The van der Waals surface area contributed by atoms with Gasteiger partial charge in [0.05, 0.1) is 19.5 Å². The predicted octanol–water partition coefficient (Wildman–Crippen LogP) is 1.07. The molecular formula is C10H10O4. The van der Waals surface area contributed by atoms with Crippen LogP contribution in [0.5, 0.6) is 0 Å². The van der Waals surface area contributed by atoms with Crippen molar-refractivity contribution in [3.8, 4) is 0 Å². The molecule has 1 aliphatic heterocycles. The van der Waals surface area contributed by atoms with Crippen LogP contribution in [0.2, 0.25) is 0 Å². The molecule has 1 unspecified atom stereocenters. The van der Waals surface area contributed by atoms with Crippen molar-refractivity contribution in [2.75, 3.05) is 13.2 Å². The third-order valence-electron chi connectivity index (χ3n) is 2.25. The fourth-order valence-electron chi connectivity index (χ4n) is 1.45. The van der Waals surface area contributed by atoms with E-state index in [2.05, 4.69) is 0 Å². The summed E-state index contributed by atoms with van der Waals surface area (Å²) in [5.41, 5.74) is 0. The van der Waals surface area contributed by atoms with Crippen LogP contribution >= 0.6 is 0 Å². The molecular weight excluding hydrogens is 184 g/mol. The second kappa shape index (κ2) is 3.75. The zero-order valence-electron chi connectivity index (χ0n) is 7.56. The number of ketones is 2. The van der Waals surface area contributed by atoms with Gasteiger partial charge in [-0.05, 0) is 12.1 Å². The van der Waals surface area contributed by atoms with Crippen molar-refractivity contribution >= 4 is 11.6 Å². The van der Waals surface area contributed by atoms with Crippen LogP contribution in [0.3, 0.4) is 0 Å². The number of Topliss-reactive ketones (excluding diaryl/α,β-unsaturated/α-hetero) is 2. The molecule has 1 aromatic heterocycles. The topological polar surface area (TPSA) is 56.5 Å². The molecule has 1 atom stereocenters. The Balaban J connectivity index is 2.14. The first-order valence-corrected chi connectivity index (χ1v) is 4.47. The SMILES string of the molecule is O=C1CCOCC1C(=O)c1ccco1. The number of furan rings is 1. The summed E-state index contributed by atoms with van der Waals surface area (Å²) >= 11 is 0. The van der Waals surface area contributed by atoms with Gasteiger partial charge in [-0.1, -0.05) is 0 Å².